The van der Waals surface area contributed by atoms with Gasteiger partial charge in [0, 0.05) is 39.1 Å². The molecule has 0 radical (unpaired) electrons. The number of hydrogen-bond acceptors (Lipinski definition) is 6. The Morgan fingerprint density at radius 2 is 1.91 bits per heavy atom. The predicted molar refractivity (Wildman–Crippen MR) is 117 cm³/mol. The lowest BCUT2D eigenvalue weighted by Gasteiger charge is -2.34. The fourth-order valence-electron chi connectivity index (χ4n) is 3.45. The number of carbonyl (C=O) groups excluding carboxylic acids is 1. The number of aromatic amines is 1. The van der Waals surface area contributed by atoms with Gasteiger partial charge in [-0.1, -0.05) is 6.07 Å². The number of nitrogens with one attached hydrogen (secondary N) is 1. The lowest BCUT2D eigenvalue weighted by atomic mass is 10.3. The van der Waals surface area contributed by atoms with Crippen LogP contribution in [0.1, 0.15) is 6.42 Å². The smallest absolute Gasteiger partial charge is 0.243 e. The monoisotopic (exact) mass is 499 g/mol. The van der Waals surface area contributed by atoms with Crippen molar-refractivity contribution in [3.8, 4) is 10.7 Å². The summed E-state index contributed by atoms with van der Waals surface area (Å²) in [4.78, 5) is 14.9. The lowest BCUT2D eigenvalue weighted by molar-refractivity contribution is -0.132. The number of aromatic nitrogens is 3. The van der Waals surface area contributed by atoms with E-state index in [-0.39, 0.29) is 43.4 Å². The molecule has 0 bridgehead atoms. The highest BCUT2D eigenvalue weighted by Crippen LogP contribution is 2.23. The van der Waals surface area contributed by atoms with Gasteiger partial charge in [-0.3, -0.25) is 14.5 Å². The molecular weight excluding hydrogens is 480 g/mol. The minimum absolute atomic E-state index is 0.0681. The number of amides is 1. The van der Waals surface area contributed by atoms with Crippen LogP contribution in [0, 0.1) is 16.4 Å². The van der Waals surface area contributed by atoms with Crippen LogP contribution < -0.4 is 0 Å². The van der Waals surface area contributed by atoms with Crippen molar-refractivity contribution in [2.75, 3.05) is 26.2 Å². The summed E-state index contributed by atoms with van der Waals surface area (Å²) in [5.41, 5.74) is 0. The molecule has 1 fully saturated rings. The summed E-state index contributed by atoms with van der Waals surface area (Å²) in [5, 5.41) is 8.91. The van der Waals surface area contributed by atoms with Crippen molar-refractivity contribution < 1.29 is 22.0 Å². The van der Waals surface area contributed by atoms with E-state index in [1.54, 1.807) is 9.47 Å². The Balaban J connectivity index is 1.37. The van der Waals surface area contributed by atoms with E-state index in [4.69, 9.17) is 12.2 Å². The van der Waals surface area contributed by atoms with Crippen molar-refractivity contribution in [3.63, 3.8) is 0 Å². The number of benzene rings is 1. The van der Waals surface area contributed by atoms with Crippen LogP contribution in [0.2, 0.25) is 0 Å². The van der Waals surface area contributed by atoms with Crippen molar-refractivity contribution in [2.24, 2.45) is 0 Å². The summed E-state index contributed by atoms with van der Waals surface area (Å²) < 4.78 is 55.4. The standard InChI is InChI=1S/C19H19F2N5O3S3/c20-14-4-3-13(12-15(14)21)32(28,29)25-9-7-24(8-10-25)17(27)5-6-26-18(22-23-19(26)30)16-2-1-11-31-16/h1-4,11-12H,5-10H2,(H,23,30). The fourth-order valence-corrected chi connectivity index (χ4v) is 5.83. The van der Waals surface area contributed by atoms with Gasteiger partial charge in [-0.15, -0.1) is 11.3 Å². The third-order valence-electron chi connectivity index (χ3n) is 5.17. The van der Waals surface area contributed by atoms with E-state index < -0.39 is 21.7 Å². The second-order valence-corrected chi connectivity index (χ2v) is 10.4. The number of sulfonamides is 1. The number of rotatable bonds is 6. The maximum absolute atomic E-state index is 13.5. The summed E-state index contributed by atoms with van der Waals surface area (Å²) in [6.07, 6.45) is 0.183. The van der Waals surface area contributed by atoms with Gasteiger partial charge in [0.05, 0.1) is 9.77 Å². The highest BCUT2D eigenvalue weighted by molar-refractivity contribution is 7.89. The third kappa shape index (κ3) is 4.51. The molecule has 3 aromatic rings. The third-order valence-corrected chi connectivity index (χ3v) is 8.24. The van der Waals surface area contributed by atoms with E-state index in [0.29, 0.717) is 23.2 Å². The van der Waals surface area contributed by atoms with Gasteiger partial charge in [0.25, 0.3) is 0 Å². The lowest BCUT2D eigenvalue weighted by Crippen LogP contribution is -2.50. The summed E-state index contributed by atoms with van der Waals surface area (Å²) in [6, 6.07) is 6.31. The Morgan fingerprint density at radius 1 is 1.16 bits per heavy atom. The quantitative estimate of drug-likeness (QED) is 0.527. The molecule has 32 heavy (non-hydrogen) atoms. The van der Waals surface area contributed by atoms with Crippen LogP contribution in [-0.4, -0.2) is 64.5 Å². The van der Waals surface area contributed by atoms with Gasteiger partial charge in [0.2, 0.25) is 15.9 Å². The summed E-state index contributed by atoms with van der Waals surface area (Å²) in [7, 11) is -3.97. The van der Waals surface area contributed by atoms with E-state index >= 15 is 0 Å². The average molecular weight is 500 g/mol. The molecule has 13 heteroatoms. The predicted octanol–water partition coefficient (Wildman–Crippen LogP) is 2.87. The van der Waals surface area contributed by atoms with Gasteiger partial charge in [-0.2, -0.15) is 9.40 Å². The van der Waals surface area contributed by atoms with E-state index in [9.17, 15) is 22.0 Å². The van der Waals surface area contributed by atoms with Crippen molar-refractivity contribution in [1.29, 1.82) is 0 Å². The normalized spacial score (nSPS) is 15.2. The first-order valence-electron chi connectivity index (χ1n) is 9.69. The number of hydrogen-bond donors (Lipinski definition) is 1. The van der Waals surface area contributed by atoms with Crippen LogP contribution in [0.15, 0.2) is 40.6 Å². The van der Waals surface area contributed by atoms with Gasteiger partial charge >= 0.3 is 0 Å². The van der Waals surface area contributed by atoms with Gasteiger partial charge in [0.1, 0.15) is 0 Å². The van der Waals surface area contributed by atoms with Crippen LogP contribution in [0.4, 0.5) is 8.78 Å². The van der Waals surface area contributed by atoms with E-state index in [1.807, 2.05) is 17.5 Å². The number of nitrogens with zero attached hydrogens (tertiary/aromatic N) is 4. The zero-order chi connectivity index (χ0) is 22.9. The highest BCUT2D eigenvalue weighted by atomic mass is 32.2. The van der Waals surface area contributed by atoms with Gasteiger partial charge in [-0.25, -0.2) is 17.2 Å². The first-order chi connectivity index (χ1) is 15.3. The Kier molecular flexibility index (Phi) is 6.51. The van der Waals surface area contributed by atoms with Crippen LogP contribution in [0.5, 0.6) is 0 Å². The molecular formula is C19H19F2N5O3S3. The minimum Gasteiger partial charge on any atom is -0.340 e. The molecule has 2 aromatic heterocycles. The summed E-state index contributed by atoms with van der Waals surface area (Å²) in [5.74, 6) is -1.80. The molecule has 1 aliphatic heterocycles. The summed E-state index contributed by atoms with van der Waals surface area (Å²) >= 11 is 6.79. The maximum Gasteiger partial charge on any atom is 0.243 e. The Morgan fingerprint density at radius 3 is 2.56 bits per heavy atom. The Bertz CT molecular complexity index is 1280. The van der Waals surface area contributed by atoms with Crippen LogP contribution in [0.3, 0.4) is 0 Å². The maximum atomic E-state index is 13.5. The van der Waals surface area contributed by atoms with Crippen LogP contribution >= 0.6 is 23.6 Å². The molecule has 1 N–H and O–H groups in total. The second kappa shape index (κ2) is 9.17. The number of thiophene rings is 1. The molecule has 0 unspecified atom stereocenters. The van der Waals surface area contributed by atoms with Gasteiger partial charge in [0.15, 0.2) is 22.2 Å². The Labute approximate surface area is 192 Å². The molecule has 4 rings (SSSR count). The zero-order valence-electron chi connectivity index (χ0n) is 16.7. The average Bonchev–Trinajstić information content (AvgIpc) is 3.43. The first-order valence-corrected chi connectivity index (χ1v) is 12.4. The van der Waals surface area contributed by atoms with Gasteiger partial charge in [-0.05, 0) is 41.9 Å². The van der Waals surface area contributed by atoms with Crippen molar-refractivity contribution in [1.82, 2.24) is 24.0 Å². The molecule has 1 aromatic carbocycles. The molecule has 0 spiro atoms. The van der Waals surface area contributed by atoms with Crippen molar-refractivity contribution in [2.45, 2.75) is 17.9 Å². The van der Waals surface area contributed by atoms with Gasteiger partial charge < -0.3 is 4.90 Å². The largest absolute Gasteiger partial charge is 0.340 e. The van der Waals surface area contributed by atoms with E-state index in [2.05, 4.69) is 10.2 Å². The molecule has 0 saturated carbocycles. The molecule has 0 atom stereocenters. The van der Waals surface area contributed by atoms with Crippen molar-refractivity contribution in [3.05, 3.63) is 52.1 Å². The molecule has 1 saturated heterocycles. The highest BCUT2D eigenvalue weighted by Gasteiger charge is 2.30. The SMILES string of the molecule is O=C(CCn1c(-c2cccs2)n[nH]c1=S)N1CCN(S(=O)(=O)c2ccc(F)c(F)c2)CC1. The molecule has 0 aliphatic carbocycles. The fraction of sp³-hybridized carbons (Fsp3) is 0.316. The molecule has 170 valence electrons. The minimum atomic E-state index is -3.97. The van der Waals surface area contributed by atoms with Crippen LogP contribution in [0.25, 0.3) is 10.7 Å². The summed E-state index contributed by atoms with van der Waals surface area (Å²) in [6.45, 7) is 0.888. The number of carbonyl (C=O) groups is 1. The topological polar surface area (TPSA) is 91.3 Å². The first kappa shape index (κ1) is 22.7. The molecule has 3 heterocycles. The number of halogens is 2. The molecule has 8 nitrogen and oxygen atoms in total. The second-order valence-electron chi connectivity index (χ2n) is 7.09. The molecule has 1 amide bonds. The zero-order valence-corrected chi connectivity index (χ0v) is 19.2. The van der Waals surface area contributed by atoms with Crippen molar-refractivity contribution >= 4 is 39.5 Å². The van der Waals surface area contributed by atoms with E-state index in [0.717, 1.165) is 17.0 Å². The molecule has 1 aliphatic rings. The van der Waals surface area contributed by atoms with E-state index in [1.165, 1.54) is 15.6 Å². The number of piperazine rings is 1. The number of H-pyrrole nitrogens is 1. The Hall–Kier alpha value is -2.48. The van der Waals surface area contributed by atoms with Crippen LogP contribution in [-0.2, 0) is 21.4 Å².